The largest absolute Gasteiger partial charge is 0.373 e. The van der Waals surface area contributed by atoms with Gasteiger partial charge >= 0.3 is 0 Å². The van der Waals surface area contributed by atoms with Crippen LogP contribution in [-0.2, 0) is 19.1 Å². The number of fused-ring (bicyclic) bond motifs is 5. The van der Waals surface area contributed by atoms with Gasteiger partial charge in [-0.1, -0.05) is 0 Å². The zero-order chi connectivity index (χ0) is 15.4. The Morgan fingerprint density at radius 1 is 1.22 bits per heavy atom. The van der Waals surface area contributed by atoms with Gasteiger partial charge in [0.15, 0.2) is 0 Å². The van der Waals surface area contributed by atoms with E-state index in [0.29, 0.717) is 0 Å². The lowest BCUT2D eigenvalue weighted by molar-refractivity contribution is -0.148. The van der Waals surface area contributed by atoms with Gasteiger partial charge in [-0.2, -0.15) is 0 Å². The molecule has 23 heavy (non-hydrogen) atoms. The minimum absolute atomic E-state index is 0. The van der Waals surface area contributed by atoms with Crippen LogP contribution in [0.3, 0.4) is 0 Å². The summed E-state index contributed by atoms with van der Waals surface area (Å²) in [6.45, 7) is 1.54. The quantitative estimate of drug-likeness (QED) is 0.692. The van der Waals surface area contributed by atoms with Crippen molar-refractivity contribution < 1.29 is 19.1 Å². The molecule has 8 heteroatoms. The third-order valence-corrected chi connectivity index (χ3v) is 5.64. The second-order valence-electron chi connectivity index (χ2n) is 6.76. The molecule has 7 nitrogen and oxygen atoms in total. The number of nitrogens with one attached hydrogen (secondary N) is 1. The van der Waals surface area contributed by atoms with Gasteiger partial charge in [0.05, 0.1) is 24.0 Å². The van der Waals surface area contributed by atoms with Crippen molar-refractivity contribution in [3.63, 3.8) is 0 Å². The third kappa shape index (κ3) is 2.45. The summed E-state index contributed by atoms with van der Waals surface area (Å²) in [5.41, 5.74) is 0. The van der Waals surface area contributed by atoms with Crippen LogP contribution in [0.5, 0.6) is 0 Å². The first-order chi connectivity index (χ1) is 10.6. The van der Waals surface area contributed by atoms with Crippen molar-refractivity contribution >= 4 is 30.1 Å². The zero-order valence-electron chi connectivity index (χ0n) is 13.1. The summed E-state index contributed by atoms with van der Waals surface area (Å²) >= 11 is 0. The first-order valence-electron chi connectivity index (χ1n) is 8.05. The summed E-state index contributed by atoms with van der Waals surface area (Å²) in [4.78, 5) is 40.3. The van der Waals surface area contributed by atoms with Crippen LogP contribution < -0.4 is 5.32 Å². The zero-order valence-corrected chi connectivity index (χ0v) is 13.9. The number of halogens is 1. The van der Waals surface area contributed by atoms with Gasteiger partial charge in [-0.25, -0.2) is 0 Å². The van der Waals surface area contributed by atoms with E-state index in [4.69, 9.17) is 4.74 Å². The van der Waals surface area contributed by atoms with Crippen LogP contribution in [0.1, 0.15) is 19.3 Å². The predicted octanol–water partition coefficient (Wildman–Crippen LogP) is -0.609. The highest BCUT2D eigenvalue weighted by molar-refractivity contribution is 6.08. The molecule has 5 unspecified atom stereocenters. The van der Waals surface area contributed by atoms with Crippen LogP contribution in [-0.4, -0.2) is 72.5 Å². The number of imide groups is 1. The van der Waals surface area contributed by atoms with Crippen LogP contribution >= 0.6 is 12.4 Å². The topological polar surface area (TPSA) is 79.0 Å². The number of hydrogen-bond acceptors (Lipinski definition) is 5. The number of amides is 3. The van der Waals surface area contributed by atoms with Crippen molar-refractivity contribution in [3.8, 4) is 0 Å². The lowest BCUT2D eigenvalue weighted by Crippen LogP contribution is -2.46. The maximum absolute atomic E-state index is 12.5. The lowest BCUT2D eigenvalue weighted by Gasteiger charge is -2.26. The highest BCUT2D eigenvalue weighted by atomic mass is 35.5. The molecule has 2 bridgehead atoms. The van der Waals surface area contributed by atoms with Crippen molar-refractivity contribution in [1.82, 2.24) is 15.1 Å². The third-order valence-electron chi connectivity index (χ3n) is 5.64. The SMILES string of the molecule is CN(C(=O)CN1C(=O)C2C3CCC(O3)C2C1=O)C1CCNC1.Cl. The average molecular weight is 344 g/mol. The normalized spacial score (nSPS) is 38.0. The van der Waals surface area contributed by atoms with Crippen LogP contribution in [0.15, 0.2) is 0 Å². The smallest absolute Gasteiger partial charge is 0.242 e. The number of carbonyl (C=O) groups excluding carboxylic acids is 3. The fraction of sp³-hybridized carbons (Fsp3) is 0.800. The molecule has 4 heterocycles. The van der Waals surface area contributed by atoms with Crippen molar-refractivity contribution in [1.29, 1.82) is 0 Å². The summed E-state index contributed by atoms with van der Waals surface area (Å²) < 4.78 is 5.69. The molecular weight excluding hydrogens is 322 g/mol. The number of nitrogens with zero attached hydrogens (tertiary/aromatic N) is 2. The molecule has 0 aliphatic carbocycles. The highest BCUT2D eigenvalue weighted by Crippen LogP contribution is 2.48. The van der Waals surface area contributed by atoms with E-state index in [1.807, 2.05) is 0 Å². The first-order valence-corrected chi connectivity index (χ1v) is 8.05. The van der Waals surface area contributed by atoms with Gasteiger partial charge in [0.25, 0.3) is 0 Å². The van der Waals surface area contributed by atoms with E-state index in [1.165, 1.54) is 4.90 Å². The summed E-state index contributed by atoms with van der Waals surface area (Å²) in [6.07, 6.45) is 2.36. The Morgan fingerprint density at radius 2 is 1.83 bits per heavy atom. The monoisotopic (exact) mass is 343 g/mol. The maximum Gasteiger partial charge on any atom is 0.242 e. The van der Waals surface area contributed by atoms with Crippen LogP contribution in [0.4, 0.5) is 0 Å². The Bertz CT molecular complexity index is 509. The van der Waals surface area contributed by atoms with Crippen molar-refractivity contribution in [2.24, 2.45) is 11.8 Å². The molecule has 0 spiro atoms. The van der Waals surface area contributed by atoms with E-state index in [1.54, 1.807) is 11.9 Å². The van der Waals surface area contributed by atoms with Gasteiger partial charge in [0.2, 0.25) is 17.7 Å². The molecule has 1 N–H and O–H groups in total. The fourth-order valence-electron chi connectivity index (χ4n) is 4.35. The number of rotatable bonds is 3. The summed E-state index contributed by atoms with van der Waals surface area (Å²) in [6, 6.07) is 0.152. The molecule has 5 atom stereocenters. The Labute approximate surface area is 141 Å². The van der Waals surface area contributed by atoms with E-state index in [9.17, 15) is 14.4 Å². The second-order valence-corrected chi connectivity index (χ2v) is 6.76. The molecule has 4 aliphatic heterocycles. The molecular formula is C15H22ClN3O4. The number of likely N-dealkylation sites (tertiary alicyclic amines) is 1. The first kappa shape index (κ1) is 16.7. The number of hydrogen-bond donors (Lipinski definition) is 1. The Hall–Kier alpha value is -1.18. The molecule has 0 saturated carbocycles. The van der Waals surface area contributed by atoms with Gasteiger partial charge in [-0.15, -0.1) is 12.4 Å². The van der Waals surface area contributed by atoms with Gasteiger partial charge in [0.1, 0.15) is 6.54 Å². The molecule has 4 aliphatic rings. The predicted molar refractivity (Wildman–Crippen MR) is 82.9 cm³/mol. The summed E-state index contributed by atoms with van der Waals surface area (Å²) in [5.74, 6) is -1.29. The number of ether oxygens (including phenoxy) is 1. The highest BCUT2D eigenvalue weighted by Gasteiger charge is 2.62. The summed E-state index contributed by atoms with van der Waals surface area (Å²) in [7, 11) is 1.75. The standard InChI is InChI=1S/C15H21N3O4.ClH/c1-17(8-4-5-16-6-8)11(19)7-18-14(20)12-9-2-3-10(22-9)13(12)15(18)21;/h8-10,12-13,16H,2-7H2,1H3;1H. The lowest BCUT2D eigenvalue weighted by atomic mass is 9.81. The Balaban J connectivity index is 0.00000156. The van der Waals surface area contributed by atoms with Gasteiger partial charge in [-0.05, 0) is 25.8 Å². The van der Waals surface area contributed by atoms with Crippen LogP contribution in [0.25, 0.3) is 0 Å². The van der Waals surface area contributed by atoms with Gasteiger partial charge in [0, 0.05) is 19.6 Å². The molecule has 4 rings (SSSR count). The van der Waals surface area contributed by atoms with E-state index < -0.39 is 0 Å². The van der Waals surface area contributed by atoms with Crippen molar-refractivity contribution in [2.45, 2.75) is 37.5 Å². The van der Waals surface area contributed by atoms with Crippen LogP contribution in [0.2, 0.25) is 0 Å². The Kier molecular flexibility index (Phi) is 4.37. The van der Waals surface area contributed by atoms with E-state index in [2.05, 4.69) is 5.32 Å². The minimum atomic E-state index is -0.350. The van der Waals surface area contributed by atoms with Gasteiger partial charge in [-0.3, -0.25) is 19.3 Å². The molecule has 128 valence electrons. The average Bonchev–Trinajstić information content (AvgIpc) is 3.27. The molecule has 0 aromatic heterocycles. The minimum Gasteiger partial charge on any atom is -0.373 e. The molecule has 4 saturated heterocycles. The molecule has 4 fully saturated rings. The maximum atomic E-state index is 12.5. The van der Waals surface area contributed by atoms with Crippen molar-refractivity contribution in [2.75, 3.05) is 26.7 Å². The van der Waals surface area contributed by atoms with E-state index >= 15 is 0 Å². The number of carbonyl (C=O) groups is 3. The van der Waals surface area contributed by atoms with Crippen molar-refractivity contribution in [3.05, 3.63) is 0 Å². The molecule has 0 radical (unpaired) electrons. The molecule has 0 aromatic carbocycles. The fourth-order valence-corrected chi connectivity index (χ4v) is 4.35. The van der Waals surface area contributed by atoms with Crippen LogP contribution in [0, 0.1) is 11.8 Å². The van der Waals surface area contributed by atoms with E-state index in [-0.39, 0.29) is 66.8 Å². The summed E-state index contributed by atoms with van der Waals surface area (Å²) in [5, 5.41) is 3.21. The second kappa shape index (κ2) is 6.03. The number of likely N-dealkylation sites (N-methyl/N-ethyl adjacent to an activating group) is 1. The Morgan fingerprint density at radius 3 is 2.35 bits per heavy atom. The van der Waals surface area contributed by atoms with E-state index in [0.717, 1.165) is 32.4 Å². The molecule has 0 aromatic rings. The molecule has 3 amide bonds. The van der Waals surface area contributed by atoms with Gasteiger partial charge < -0.3 is 15.0 Å².